The number of nitrogens with one attached hydrogen (secondary N) is 2. The molecule has 0 aliphatic carbocycles. The Balaban J connectivity index is 1.54. The van der Waals surface area contributed by atoms with Crippen LogP contribution >= 0.6 is 0 Å². The number of fused-ring (bicyclic) bond motifs is 1. The van der Waals surface area contributed by atoms with Crippen molar-refractivity contribution in [3.63, 3.8) is 0 Å². The summed E-state index contributed by atoms with van der Waals surface area (Å²) < 4.78 is 0. The monoisotopic (exact) mass is 386 g/mol. The molecule has 0 fully saturated rings. The van der Waals surface area contributed by atoms with Gasteiger partial charge in [0.25, 0.3) is 5.91 Å². The van der Waals surface area contributed by atoms with Gasteiger partial charge in [0.15, 0.2) is 0 Å². The van der Waals surface area contributed by atoms with Crippen LogP contribution in [0, 0.1) is 0 Å². The number of carbonyl (C=O) groups is 2. The van der Waals surface area contributed by atoms with E-state index in [-0.39, 0.29) is 11.9 Å². The highest BCUT2D eigenvalue weighted by Gasteiger charge is 2.22. The van der Waals surface area contributed by atoms with E-state index < -0.39 is 0 Å². The first kappa shape index (κ1) is 18.7. The van der Waals surface area contributed by atoms with Crippen molar-refractivity contribution in [2.24, 2.45) is 0 Å². The van der Waals surface area contributed by atoms with Gasteiger partial charge in [-0.05, 0) is 72.0 Å². The zero-order valence-corrected chi connectivity index (χ0v) is 16.2. The minimum Gasteiger partial charge on any atom is -0.341 e. The number of nitrogens with zero attached hydrogens (tertiary/aromatic N) is 2. The molecular formula is C23H22N4O2. The summed E-state index contributed by atoms with van der Waals surface area (Å²) in [4.78, 5) is 30.6. The van der Waals surface area contributed by atoms with Gasteiger partial charge in [-0.3, -0.25) is 14.7 Å². The second-order valence-electron chi connectivity index (χ2n) is 6.92. The number of aryl methyl sites for hydroxylation is 1. The van der Waals surface area contributed by atoms with E-state index in [0.29, 0.717) is 12.1 Å². The molecule has 2 heterocycles. The van der Waals surface area contributed by atoms with Crippen molar-refractivity contribution in [3.05, 3.63) is 78.1 Å². The highest BCUT2D eigenvalue weighted by molar-refractivity contribution is 6.05. The first-order valence-electron chi connectivity index (χ1n) is 9.60. The molecule has 0 radical (unpaired) electrons. The average Bonchev–Trinajstić information content (AvgIpc) is 2.78. The van der Waals surface area contributed by atoms with Gasteiger partial charge in [0.2, 0.25) is 0 Å². The highest BCUT2D eigenvalue weighted by atomic mass is 16.2. The lowest BCUT2D eigenvalue weighted by molar-refractivity contribution is 0.102. The number of aromatic nitrogens is 1. The van der Waals surface area contributed by atoms with E-state index in [0.717, 1.165) is 40.9 Å². The molecule has 0 saturated carbocycles. The zero-order chi connectivity index (χ0) is 20.2. The fourth-order valence-electron chi connectivity index (χ4n) is 3.61. The lowest BCUT2D eigenvalue weighted by atomic mass is 10.0. The number of carbonyl (C=O) groups excluding carboxylic acids is 2. The van der Waals surface area contributed by atoms with Gasteiger partial charge in [0, 0.05) is 42.9 Å². The number of amides is 3. The van der Waals surface area contributed by atoms with Crippen LogP contribution in [0.15, 0.2) is 67.0 Å². The second-order valence-corrected chi connectivity index (χ2v) is 6.92. The van der Waals surface area contributed by atoms with Crippen molar-refractivity contribution in [2.75, 3.05) is 23.8 Å². The van der Waals surface area contributed by atoms with Crippen LogP contribution in [0.2, 0.25) is 0 Å². The van der Waals surface area contributed by atoms with Crippen molar-refractivity contribution < 1.29 is 9.59 Å². The Labute approximate surface area is 169 Å². The Bertz CT molecular complexity index is 1050. The topological polar surface area (TPSA) is 74.3 Å². The van der Waals surface area contributed by atoms with Crippen molar-refractivity contribution in [2.45, 2.75) is 12.8 Å². The van der Waals surface area contributed by atoms with Gasteiger partial charge in [-0.1, -0.05) is 12.1 Å². The number of anilines is 2. The molecule has 6 nitrogen and oxygen atoms in total. The first-order valence-corrected chi connectivity index (χ1v) is 9.60. The molecule has 146 valence electrons. The standard InChI is InChI=1S/C23H22N4O2/c1-24-23(29)27-13-3-6-18-15-20(7-8-21(18)27)26-22(28)19-5-2-4-17(14-19)16-9-11-25-12-10-16/h2,4-5,7-12,14-15H,3,6,13H2,1H3,(H,24,29)(H,26,28). The van der Waals surface area contributed by atoms with E-state index in [9.17, 15) is 9.59 Å². The molecule has 1 aliphatic rings. The Morgan fingerprint density at radius 1 is 1.00 bits per heavy atom. The molecule has 29 heavy (non-hydrogen) atoms. The largest absolute Gasteiger partial charge is 0.341 e. The second kappa shape index (κ2) is 8.14. The molecule has 0 saturated heterocycles. The smallest absolute Gasteiger partial charge is 0.321 e. The predicted octanol–water partition coefficient (Wildman–Crippen LogP) is 4.09. The summed E-state index contributed by atoms with van der Waals surface area (Å²) in [5.74, 6) is -0.167. The molecule has 4 rings (SSSR count). The minimum absolute atomic E-state index is 0.115. The summed E-state index contributed by atoms with van der Waals surface area (Å²) in [5, 5.41) is 5.65. The maximum atomic E-state index is 12.8. The van der Waals surface area contributed by atoms with E-state index >= 15 is 0 Å². The van der Waals surface area contributed by atoms with Crippen molar-refractivity contribution in [3.8, 4) is 11.1 Å². The van der Waals surface area contributed by atoms with Crippen LogP contribution in [-0.4, -0.2) is 30.5 Å². The summed E-state index contributed by atoms with van der Waals surface area (Å²) in [6.45, 7) is 0.695. The van der Waals surface area contributed by atoms with Crippen LogP contribution < -0.4 is 15.5 Å². The third kappa shape index (κ3) is 3.96. The third-order valence-corrected chi connectivity index (χ3v) is 5.05. The van der Waals surface area contributed by atoms with Crippen LogP contribution in [0.1, 0.15) is 22.3 Å². The van der Waals surface area contributed by atoms with Crippen LogP contribution in [-0.2, 0) is 6.42 Å². The zero-order valence-electron chi connectivity index (χ0n) is 16.2. The molecule has 3 aromatic rings. The summed E-state index contributed by atoms with van der Waals surface area (Å²) >= 11 is 0. The Morgan fingerprint density at radius 2 is 1.83 bits per heavy atom. The van der Waals surface area contributed by atoms with Gasteiger partial charge in [-0.25, -0.2) is 4.79 Å². The van der Waals surface area contributed by atoms with Crippen LogP contribution in [0.3, 0.4) is 0 Å². The van der Waals surface area contributed by atoms with Gasteiger partial charge >= 0.3 is 6.03 Å². The lowest BCUT2D eigenvalue weighted by Gasteiger charge is -2.29. The number of benzene rings is 2. The molecule has 0 atom stereocenters. The van der Waals surface area contributed by atoms with Gasteiger partial charge in [-0.15, -0.1) is 0 Å². The Hall–Kier alpha value is -3.67. The number of urea groups is 1. The third-order valence-electron chi connectivity index (χ3n) is 5.05. The van der Waals surface area contributed by atoms with E-state index in [1.54, 1.807) is 30.4 Å². The first-order chi connectivity index (χ1) is 14.2. The predicted molar refractivity (Wildman–Crippen MR) is 114 cm³/mol. The number of hydrogen-bond acceptors (Lipinski definition) is 3. The molecule has 3 amide bonds. The fraction of sp³-hybridized carbons (Fsp3) is 0.174. The normalized spacial score (nSPS) is 12.8. The van der Waals surface area contributed by atoms with Crippen LogP contribution in [0.25, 0.3) is 11.1 Å². The number of pyridine rings is 1. The summed E-state index contributed by atoms with van der Waals surface area (Å²) in [7, 11) is 1.63. The van der Waals surface area contributed by atoms with Crippen LogP contribution in [0.4, 0.5) is 16.2 Å². The lowest BCUT2D eigenvalue weighted by Crippen LogP contribution is -2.41. The Kier molecular flexibility index (Phi) is 5.24. The van der Waals surface area contributed by atoms with Crippen molar-refractivity contribution in [1.29, 1.82) is 0 Å². The molecule has 2 N–H and O–H groups in total. The summed E-state index contributed by atoms with van der Waals surface area (Å²) in [5.41, 5.74) is 5.24. The van der Waals surface area contributed by atoms with E-state index in [2.05, 4.69) is 15.6 Å². The maximum absolute atomic E-state index is 12.8. The molecular weight excluding hydrogens is 364 g/mol. The van der Waals surface area contributed by atoms with Crippen LogP contribution in [0.5, 0.6) is 0 Å². The molecule has 6 heteroatoms. The summed E-state index contributed by atoms with van der Waals surface area (Å²) in [6.07, 6.45) is 5.24. The molecule has 1 aliphatic heterocycles. The highest BCUT2D eigenvalue weighted by Crippen LogP contribution is 2.30. The van der Waals surface area contributed by atoms with Gasteiger partial charge in [0.1, 0.15) is 0 Å². The van der Waals surface area contributed by atoms with E-state index in [1.165, 1.54) is 0 Å². The molecule has 2 aromatic carbocycles. The van der Waals surface area contributed by atoms with Gasteiger partial charge in [0.05, 0.1) is 0 Å². The quantitative estimate of drug-likeness (QED) is 0.712. The maximum Gasteiger partial charge on any atom is 0.321 e. The van der Waals surface area contributed by atoms with Gasteiger partial charge < -0.3 is 10.6 Å². The SMILES string of the molecule is CNC(=O)N1CCCc2cc(NC(=O)c3cccc(-c4ccncc4)c3)ccc21. The fourth-order valence-corrected chi connectivity index (χ4v) is 3.61. The van der Waals surface area contributed by atoms with Gasteiger partial charge in [-0.2, -0.15) is 0 Å². The average molecular weight is 386 g/mol. The molecule has 1 aromatic heterocycles. The van der Waals surface area contributed by atoms with Crippen molar-refractivity contribution in [1.82, 2.24) is 10.3 Å². The molecule has 0 unspecified atom stereocenters. The van der Waals surface area contributed by atoms with Crippen molar-refractivity contribution >= 4 is 23.3 Å². The molecule has 0 bridgehead atoms. The minimum atomic E-state index is -0.167. The Morgan fingerprint density at radius 3 is 2.62 bits per heavy atom. The number of rotatable bonds is 3. The molecule has 0 spiro atoms. The number of hydrogen-bond donors (Lipinski definition) is 2. The summed E-state index contributed by atoms with van der Waals surface area (Å²) in [6, 6.07) is 16.9. The van der Waals surface area contributed by atoms with E-state index in [4.69, 9.17) is 0 Å². The van der Waals surface area contributed by atoms with E-state index in [1.807, 2.05) is 48.5 Å².